The van der Waals surface area contributed by atoms with Crippen molar-refractivity contribution in [3.63, 3.8) is 0 Å². The van der Waals surface area contributed by atoms with Gasteiger partial charge in [0.1, 0.15) is 11.6 Å². The van der Waals surface area contributed by atoms with Gasteiger partial charge in [-0.05, 0) is 54.7 Å². The standard InChI is InChI=1S/C26H30F2N2O5S2/c1-4-17-6-5-7-18(9-17)14-29-15-24(31)23(12-19-10-20(27)13-21(28)11-19)30-25(32)22-8-16(2)36-26(22)37(33,34)35-3/h5-11,13,23-24,29,31H,4,12,14-15H2,1-3H3,(H,30,32)/t23-,24+/m0/s1. The summed E-state index contributed by atoms with van der Waals surface area (Å²) in [6.07, 6.45) is -0.367. The second kappa shape index (κ2) is 12.7. The third kappa shape index (κ3) is 7.89. The molecule has 37 heavy (non-hydrogen) atoms. The molecule has 0 bridgehead atoms. The number of nitrogens with one attached hydrogen (secondary N) is 2. The number of carbonyl (C=O) groups is 1. The van der Waals surface area contributed by atoms with Gasteiger partial charge in [-0.25, -0.2) is 8.78 Å². The highest BCUT2D eigenvalue weighted by Crippen LogP contribution is 2.28. The third-order valence-corrected chi connectivity index (χ3v) is 8.57. The van der Waals surface area contributed by atoms with E-state index in [-0.39, 0.29) is 28.3 Å². The Morgan fingerprint density at radius 3 is 2.41 bits per heavy atom. The molecule has 0 fully saturated rings. The van der Waals surface area contributed by atoms with Crippen LogP contribution in [0.15, 0.2) is 52.7 Å². The highest BCUT2D eigenvalue weighted by atomic mass is 32.3. The van der Waals surface area contributed by atoms with Crippen LogP contribution >= 0.6 is 11.3 Å². The molecule has 2 aromatic carbocycles. The number of hydrogen-bond acceptors (Lipinski definition) is 7. The summed E-state index contributed by atoms with van der Waals surface area (Å²) in [7, 11) is -3.15. The Balaban J connectivity index is 1.80. The summed E-state index contributed by atoms with van der Waals surface area (Å²) in [5, 5.41) is 16.7. The topological polar surface area (TPSA) is 105 Å². The molecule has 3 rings (SSSR count). The van der Waals surface area contributed by atoms with Gasteiger partial charge in [0.2, 0.25) is 0 Å². The van der Waals surface area contributed by atoms with Crippen LogP contribution in [0.2, 0.25) is 0 Å². The first-order valence-electron chi connectivity index (χ1n) is 11.7. The zero-order valence-electron chi connectivity index (χ0n) is 20.8. The van der Waals surface area contributed by atoms with E-state index < -0.39 is 39.8 Å². The SMILES string of the molecule is CCc1cccc(CNC[C@@H](O)[C@H](Cc2cc(F)cc(F)c2)NC(=O)c2cc(C)sc2S(=O)(=O)OC)c1. The Bertz CT molecular complexity index is 1320. The minimum absolute atomic E-state index is 0.0605. The number of aliphatic hydroxyl groups excluding tert-OH is 1. The largest absolute Gasteiger partial charge is 0.390 e. The molecule has 3 aromatic rings. The lowest BCUT2D eigenvalue weighted by atomic mass is 10.00. The predicted molar refractivity (Wildman–Crippen MR) is 138 cm³/mol. The molecular formula is C26H30F2N2O5S2. The number of thiophene rings is 1. The summed E-state index contributed by atoms with van der Waals surface area (Å²) in [6, 6.07) is 11.4. The minimum Gasteiger partial charge on any atom is -0.390 e. The van der Waals surface area contributed by atoms with Crippen molar-refractivity contribution in [2.45, 2.75) is 49.6 Å². The summed E-state index contributed by atoms with van der Waals surface area (Å²) >= 11 is 0.884. The number of rotatable bonds is 12. The molecule has 0 spiro atoms. The zero-order chi connectivity index (χ0) is 27.2. The van der Waals surface area contributed by atoms with E-state index >= 15 is 0 Å². The molecule has 0 aliphatic carbocycles. The molecule has 11 heteroatoms. The maximum atomic E-state index is 13.8. The van der Waals surface area contributed by atoms with Gasteiger partial charge in [-0.15, -0.1) is 11.3 Å². The highest BCUT2D eigenvalue weighted by Gasteiger charge is 2.29. The summed E-state index contributed by atoms with van der Waals surface area (Å²) in [5.74, 6) is -2.33. The van der Waals surface area contributed by atoms with Crippen molar-refractivity contribution in [2.24, 2.45) is 0 Å². The molecule has 0 radical (unpaired) electrons. The lowest BCUT2D eigenvalue weighted by molar-refractivity contribution is 0.0827. The predicted octanol–water partition coefficient (Wildman–Crippen LogP) is 3.72. The summed E-state index contributed by atoms with van der Waals surface area (Å²) < 4.78 is 56.5. The van der Waals surface area contributed by atoms with E-state index in [9.17, 15) is 27.1 Å². The molecule has 200 valence electrons. The number of aliphatic hydroxyl groups is 1. The highest BCUT2D eigenvalue weighted by molar-refractivity contribution is 7.89. The fourth-order valence-corrected chi connectivity index (χ4v) is 6.20. The van der Waals surface area contributed by atoms with Gasteiger partial charge in [-0.3, -0.25) is 8.98 Å². The zero-order valence-corrected chi connectivity index (χ0v) is 22.4. The fourth-order valence-electron chi connectivity index (χ4n) is 3.89. The molecular weight excluding hydrogens is 522 g/mol. The van der Waals surface area contributed by atoms with Gasteiger partial charge in [0.05, 0.1) is 24.8 Å². The van der Waals surface area contributed by atoms with E-state index in [0.29, 0.717) is 11.4 Å². The number of halogens is 2. The second-order valence-electron chi connectivity index (χ2n) is 8.61. The van der Waals surface area contributed by atoms with Crippen LogP contribution in [0.4, 0.5) is 8.78 Å². The number of carbonyl (C=O) groups excluding carboxylic acids is 1. The van der Waals surface area contributed by atoms with Crippen LogP contribution in [-0.4, -0.2) is 45.2 Å². The summed E-state index contributed by atoms with van der Waals surface area (Å²) in [5.41, 5.74) is 2.29. The van der Waals surface area contributed by atoms with Gasteiger partial charge in [-0.1, -0.05) is 31.2 Å². The van der Waals surface area contributed by atoms with Crippen LogP contribution < -0.4 is 10.6 Å². The molecule has 0 aliphatic rings. The average molecular weight is 553 g/mol. The first kappa shape index (κ1) is 28.9. The van der Waals surface area contributed by atoms with Gasteiger partial charge in [0.25, 0.3) is 5.91 Å². The quantitative estimate of drug-likeness (QED) is 0.296. The molecule has 1 heterocycles. The average Bonchev–Trinajstić information content (AvgIpc) is 3.26. The van der Waals surface area contributed by atoms with Crippen molar-refractivity contribution >= 4 is 27.4 Å². The first-order valence-corrected chi connectivity index (χ1v) is 13.9. The summed E-state index contributed by atoms with van der Waals surface area (Å²) in [4.78, 5) is 13.7. The maximum absolute atomic E-state index is 13.8. The van der Waals surface area contributed by atoms with E-state index in [1.54, 1.807) is 6.92 Å². The third-order valence-electron chi connectivity index (χ3n) is 5.75. The Labute approximate surface area is 219 Å². The summed E-state index contributed by atoms with van der Waals surface area (Å²) in [6.45, 7) is 4.22. The number of benzene rings is 2. The van der Waals surface area contributed by atoms with Gasteiger partial charge < -0.3 is 15.7 Å². The number of amides is 1. The van der Waals surface area contributed by atoms with Crippen LogP contribution in [0.3, 0.4) is 0 Å². The number of aryl methyl sites for hydroxylation is 2. The van der Waals surface area contributed by atoms with Crippen molar-refractivity contribution in [3.8, 4) is 0 Å². The van der Waals surface area contributed by atoms with E-state index in [1.165, 1.54) is 11.6 Å². The van der Waals surface area contributed by atoms with E-state index in [0.717, 1.165) is 48.6 Å². The Morgan fingerprint density at radius 2 is 1.76 bits per heavy atom. The molecule has 1 amide bonds. The maximum Gasteiger partial charge on any atom is 0.307 e. The molecule has 0 saturated heterocycles. The van der Waals surface area contributed by atoms with Crippen molar-refractivity contribution in [1.29, 1.82) is 0 Å². The van der Waals surface area contributed by atoms with Gasteiger partial charge in [-0.2, -0.15) is 8.42 Å². The molecule has 0 unspecified atom stereocenters. The molecule has 7 nitrogen and oxygen atoms in total. The van der Waals surface area contributed by atoms with E-state index in [1.807, 2.05) is 24.3 Å². The molecule has 0 aliphatic heterocycles. The lowest BCUT2D eigenvalue weighted by Gasteiger charge is -2.25. The van der Waals surface area contributed by atoms with Crippen molar-refractivity contribution in [2.75, 3.05) is 13.7 Å². The first-order chi connectivity index (χ1) is 17.5. The van der Waals surface area contributed by atoms with Gasteiger partial charge >= 0.3 is 10.1 Å². The van der Waals surface area contributed by atoms with Gasteiger partial charge in [0, 0.05) is 24.0 Å². The van der Waals surface area contributed by atoms with Crippen molar-refractivity contribution in [1.82, 2.24) is 10.6 Å². The van der Waals surface area contributed by atoms with E-state index in [4.69, 9.17) is 0 Å². The smallest absolute Gasteiger partial charge is 0.307 e. The Morgan fingerprint density at radius 1 is 1.08 bits per heavy atom. The Kier molecular flexibility index (Phi) is 9.91. The van der Waals surface area contributed by atoms with Crippen LogP contribution in [0.1, 0.15) is 38.8 Å². The van der Waals surface area contributed by atoms with Crippen molar-refractivity contribution < 1.29 is 31.3 Å². The minimum atomic E-state index is -4.15. The van der Waals surface area contributed by atoms with Crippen LogP contribution in [-0.2, 0) is 33.7 Å². The van der Waals surface area contributed by atoms with Crippen LogP contribution in [0, 0.1) is 18.6 Å². The molecule has 0 saturated carbocycles. The number of hydrogen-bond donors (Lipinski definition) is 3. The van der Waals surface area contributed by atoms with Crippen LogP contribution in [0.5, 0.6) is 0 Å². The van der Waals surface area contributed by atoms with Crippen molar-refractivity contribution in [3.05, 3.63) is 87.3 Å². The Hall–Kier alpha value is -2.70. The normalized spacial score (nSPS) is 13.4. The molecule has 3 N–H and O–H groups in total. The monoisotopic (exact) mass is 552 g/mol. The van der Waals surface area contributed by atoms with Crippen LogP contribution in [0.25, 0.3) is 0 Å². The van der Waals surface area contributed by atoms with E-state index in [2.05, 4.69) is 21.7 Å². The van der Waals surface area contributed by atoms with Gasteiger partial charge in [0.15, 0.2) is 4.21 Å². The molecule has 1 aromatic heterocycles. The second-order valence-corrected chi connectivity index (χ2v) is 11.8. The lowest BCUT2D eigenvalue weighted by Crippen LogP contribution is -2.48. The molecule has 2 atom stereocenters. The fraction of sp³-hybridized carbons (Fsp3) is 0.346.